The van der Waals surface area contributed by atoms with Gasteiger partial charge in [-0.15, -0.1) is 0 Å². The van der Waals surface area contributed by atoms with Gasteiger partial charge in [-0.05, 0) is 55.0 Å². The summed E-state index contributed by atoms with van der Waals surface area (Å²) >= 11 is 0. The second-order valence-electron chi connectivity index (χ2n) is 6.88. The van der Waals surface area contributed by atoms with Crippen LogP contribution in [0.4, 0.5) is 18.9 Å². The van der Waals surface area contributed by atoms with Crippen molar-refractivity contribution in [2.45, 2.75) is 17.9 Å². The zero-order chi connectivity index (χ0) is 22.8. The number of para-hydroxylation sites is 1. The summed E-state index contributed by atoms with van der Waals surface area (Å²) < 4.78 is 68.0. The number of hydrogen-bond donors (Lipinski definition) is 1. The molecule has 0 heterocycles. The summed E-state index contributed by atoms with van der Waals surface area (Å²) in [6, 6.07) is 13.3. The molecule has 0 saturated heterocycles. The Morgan fingerprint density at radius 1 is 0.903 bits per heavy atom. The summed E-state index contributed by atoms with van der Waals surface area (Å²) in [5.74, 6) is -3.29. The summed E-state index contributed by atoms with van der Waals surface area (Å²) in [4.78, 5) is 13.9. The van der Waals surface area contributed by atoms with Crippen molar-refractivity contribution in [1.82, 2.24) is 4.90 Å². The molecule has 0 aliphatic rings. The number of anilines is 1. The number of amides is 1. The Bertz CT molecular complexity index is 1230. The van der Waals surface area contributed by atoms with Gasteiger partial charge in [0.25, 0.3) is 15.9 Å². The van der Waals surface area contributed by atoms with Crippen LogP contribution in [0.3, 0.4) is 0 Å². The number of carbonyl (C=O) groups is 1. The summed E-state index contributed by atoms with van der Waals surface area (Å²) in [6.45, 7) is 1.63. The van der Waals surface area contributed by atoms with Gasteiger partial charge in [0.05, 0.1) is 16.6 Å². The highest BCUT2D eigenvalue weighted by molar-refractivity contribution is 7.92. The van der Waals surface area contributed by atoms with Gasteiger partial charge in [-0.2, -0.15) is 0 Å². The van der Waals surface area contributed by atoms with Crippen LogP contribution in [0.25, 0.3) is 0 Å². The van der Waals surface area contributed by atoms with E-state index < -0.39 is 39.4 Å². The zero-order valence-electron chi connectivity index (χ0n) is 16.6. The maximum Gasteiger partial charge on any atom is 0.262 e. The lowest BCUT2D eigenvalue weighted by Crippen LogP contribution is -2.30. The summed E-state index contributed by atoms with van der Waals surface area (Å²) in [6.07, 6.45) is 0. The Morgan fingerprint density at radius 3 is 2.29 bits per heavy atom. The molecule has 1 N–H and O–H groups in total. The van der Waals surface area contributed by atoms with Crippen LogP contribution in [0.1, 0.15) is 28.9 Å². The summed E-state index contributed by atoms with van der Waals surface area (Å²) in [5.41, 5.74) is 0.219. The number of rotatable bonds is 6. The average Bonchev–Trinajstić information content (AvgIpc) is 2.75. The van der Waals surface area contributed by atoms with Gasteiger partial charge in [0, 0.05) is 12.6 Å². The molecule has 0 saturated carbocycles. The number of carbonyl (C=O) groups excluding carboxylic acids is 1. The first-order valence-corrected chi connectivity index (χ1v) is 10.7. The first-order chi connectivity index (χ1) is 14.6. The van der Waals surface area contributed by atoms with Crippen molar-refractivity contribution in [2.75, 3.05) is 11.8 Å². The van der Waals surface area contributed by atoms with Crippen LogP contribution >= 0.6 is 0 Å². The molecule has 3 aromatic carbocycles. The Morgan fingerprint density at radius 2 is 1.61 bits per heavy atom. The van der Waals surface area contributed by atoms with Gasteiger partial charge >= 0.3 is 0 Å². The molecule has 162 valence electrons. The lowest BCUT2D eigenvalue weighted by atomic mass is 10.1. The van der Waals surface area contributed by atoms with E-state index in [-0.39, 0.29) is 16.1 Å². The molecule has 3 rings (SSSR count). The molecule has 0 fully saturated rings. The number of sulfonamides is 1. The third-order valence-electron chi connectivity index (χ3n) is 4.84. The minimum atomic E-state index is -4.15. The third-order valence-corrected chi connectivity index (χ3v) is 6.20. The largest absolute Gasteiger partial charge is 0.335 e. The van der Waals surface area contributed by atoms with Crippen molar-refractivity contribution in [1.29, 1.82) is 0 Å². The van der Waals surface area contributed by atoms with E-state index in [2.05, 4.69) is 4.72 Å². The van der Waals surface area contributed by atoms with Crippen molar-refractivity contribution in [3.63, 3.8) is 0 Å². The number of hydrogen-bond acceptors (Lipinski definition) is 3. The molecule has 5 nitrogen and oxygen atoms in total. The van der Waals surface area contributed by atoms with E-state index in [1.165, 1.54) is 60.5 Å². The molecular formula is C22H19F3N2O3S. The predicted octanol–water partition coefficient (Wildman–Crippen LogP) is 4.74. The SMILES string of the molecule is C[C@@H](c1ccc(F)c(F)c1)N(C)C(=O)c1cccc(S(=O)(=O)Nc2ccccc2F)c1. The predicted molar refractivity (Wildman–Crippen MR) is 111 cm³/mol. The van der Waals surface area contributed by atoms with Gasteiger partial charge in [0.1, 0.15) is 5.82 Å². The number of nitrogens with zero attached hydrogens (tertiary/aromatic N) is 1. The van der Waals surface area contributed by atoms with Gasteiger partial charge in [-0.3, -0.25) is 9.52 Å². The molecule has 1 amide bonds. The molecule has 0 aliphatic heterocycles. The summed E-state index contributed by atoms with van der Waals surface area (Å²) in [5, 5.41) is 0. The van der Waals surface area contributed by atoms with Crippen LogP contribution in [0.15, 0.2) is 71.6 Å². The van der Waals surface area contributed by atoms with E-state index in [1.54, 1.807) is 6.92 Å². The van der Waals surface area contributed by atoms with Gasteiger partial charge in [-0.1, -0.05) is 24.3 Å². The third kappa shape index (κ3) is 4.88. The molecule has 0 aliphatic carbocycles. The van der Waals surface area contributed by atoms with Crippen molar-refractivity contribution in [2.24, 2.45) is 0 Å². The van der Waals surface area contributed by atoms with Crippen LogP contribution in [0.5, 0.6) is 0 Å². The molecule has 9 heteroatoms. The fourth-order valence-electron chi connectivity index (χ4n) is 2.92. The topological polar surface area (TPSA) is 66.5 Å². The van der Waals surface area contributed by atoms with Crippen molar-refractivity contribution >= 4 is 21.6 Å². The smallest absolute Gasteiger partial charge is 0.262 e. The van der Waals surface area contributed by atoms with Crippen LogP contribution < -0.4 is 4.72 Å². The summed E-state index contributed by atoms with van der Waals surface area (Å²) in [7, 11) is -2.69. The molecule has 0 aromatic heterocycles. The van der Waals surface area contributed by atoms with Crippen molar-refractivity contribution in [3.05, 3.63) is 95.3 Å². The van der Waals surface area contributed by atoms with Gasteiger partial charge in [0.2, 0.25) is 0 Å². The zero-order valence-corrected chi connectivity index (χ0v) is 17.5. The van der Waals surface area contributed by atoms with E-state index >= 15 is 0 Å². The molecule has 0 radical (unpaired) electrons. The molecule has 1 atom stereocenters. The lowest BCUT2D eigenvalue weighted by Gasteiger charge is -2.25. The van der Waals surface area contributed by atoms with E-state index in [4.69, 9.17) is 0 Å². The molecule has 31 heavy (non-hydrogen) atoms. The second-order valence-corrected chi connectivity index (χ2v) is 8.56. The van der Waals surface area contributed by atoms with Crippen LogP contribution in [0.2, 0.25) is 0 Å². The van der Waals surface area contributed by atoms with Gasteiger partial charge in [0.15, 0.2) is 11.6 Å². The van der Waals surface area contributed by atoms with Gasteiger partial charge < -0.3 is 4.90 Å². The highest BCUT2D eigenvalue weighted by atomic mass is 32.2. The minimum Gasteiger partial charge on any atom is -0.335 e. The quantitative estimate of drug-likeness (QED) is 0.593. The molecule has 0 unspecified atom stereocenters. The second kappa shape index (κ2) is 8.81. The van der Waals surface area contributed by atoms with E-state index in [0.29, 0.717) is 5.56 Å². The maximum atomic E-state index is 13.8. The number of halogens is 3. The lowest BCUT2D eigenvalue weighted by molar-refractivity contribution is 0.0742. The van der Waals surface area contributed by atoms with Crippen molar-refractivity contribution in [3.8, 4) is 0 Å². The van der Waals surface area contributed by atoms with E-state index in [0.717, 1.165) is 18.2 Å². The van der Waals surface area contributed by atoms with Gasteiger partial charge in [-0.25, -0.2) is 21.6 Å². The average molecular weight is 448 g/mol. The number of benzene rings is 3. The van der Waals surface area contributed by atoms with E-state index in [1.807, 2.05) is 0 Å². The van der Waals surface area contributed by atoms with Crippen molar-refractivity contribution < 1.29 is 26.4 Å². The molecule has 3 aromatic rings. The monoisotopic (exact) mass is 448 g/mol. The fourth-order valence-corrected chi connectivity index (χ4v) is 4.03. The minimum absolute atomic E-state index is 0.0633. The molecular weight excluding hydrogens is 429 g/mol. The normalized spacial score (nSPS) is 12.3. The Balaban J connectivity index is 1.85. The highest BCUT2D eigenvalue weighted by Crippen LogP contribution is 2.24. The molecule has 0 spiro atoms. The molecule has 0 bridgehead atoms. The Kier molecular flexibility index (Phi) is 6.35. The van der Waals surface area contributed by atoms with E-state index in [9.17, 15) is 26.4 Å². The number of nitrogens with one attached hydrogen (secondary N) is 1. The highest BCUT2D eigenvalue weighted by Gasteiger charge is 2.23. The first kappa shape index (κ1) is 22.4. The Hall–Kier alpha value is -3.33. The van der Waals surface area contributed by atoms with Crippen LogP contribution in [0, 0.1) is 17.5 Å². The standard InChI is InChI=1S/C22H19F3N2O3S/c1-14(15-10-11-18(23)20(25)13-15)27(2)22(28)16-6-5-7-17(12-16)31(29,30)26-21-9-4-3-8-19(21)24/h3-14,26H,1-2H3/t14-/m0/s1. The Labute approximate surface area is 178 Å². The first-order valence-electron chi connectivity index (χ1n) is 9.19. The maximum absolute atomic E-state index is 13.8. The van der Waals surface area contributed by atoms with Crippen LogP contribution in [-0.2, 0) is 10.0 Å². The fraction of sp³-hybridized carbons (Fsp3) is 0.136. The van der Waals surface area contributed by atoms with Crippen LogP contribution in [-0.4, -0.2) is 26.3 Å².